The fourth-order valence-electron chi connectivity index (χ4n) is 1.49. The maximum absolute atomic E-state index is 11.5. The maximum atomic E-state index is 11.5. The number of rotatable bonds is 5. The summed E-state index contributed by atoms with van der Waals surface area (Å²) in [5.74, 6) is 0.746. The monoisotopic (exact) mass is 233 g/mol. The molecule has 1 aromatic rings. The van der Waals surface area contributed by atoms with Crippen molar-refractivity contribution in [3.63, 3.8) is 0 Å². The van der Waals surface area contributed by atoms with Gasteiger partial charge in [-0.05, 0) is 26.0 Å². The standard InChI is InChI=1S/C13H19N3O/c1-5-14-13(17)11-6-7-12(15-8-11)16(4)9-10(2)3/h6-8H,2,5,9H2,1,3-4H3,(H,14,17). The second-order valence-electron chi connectivity index (χ2n) is 4.08. The maximum Gasteiger partial charge on any atom is 0.252 e. The van der Waals surface area contributed by atoms with E-state index in [-0.39, 0.29) is 5.91 Å². The molecule has 4 heteroatoms. The highest BCUT2D eigenvalue weighted by Crippen LogP contribution is 2.10. The second kappa shape index (κ2) is 6.03. The number of nitrogens with one attached hydrogen (secondary N) is 1. The van der Waals surface area contributed by atoms with E-state index in [1.165, 1.54) is 0 Å². The Balaban J connectivity index is 2.73. The average molecular weight is 233 g/mol. The number of pyridine rings is 1. The number of nitrogens with zero attached hydrogens (tertiary/aromatic N) is 2. The third kappa shape index (κ3) is 3.90. The van der Waals surface area contributed by atoms with E-state index in [1.54, 1.807) is 12.3 Å². The predicted octanol–water partition coefficient (Wildman–Crippen LogP) is 1.84. The van der Waals surface area contributed by atoms with E-state index in [1.807, 2.05) is 31.9 Å². The van der Waals surface area contributed by atoms with Gasteiger partial charge >= 0.3 is 0 Å². The Morgan fingerprint density at radius 2 is 2.24 bits per heavy atom. The topological polar surface area (TPSA) is 45.2 Å². The molecule has 0 atom stereocenters. The van der Waals surface area contributed by atoms with Crippen LogP contribution in [0.1, 0.15) is 24.2 Å². The molecule has 0 aliphatic carbocycles. The normalized spacial score (nSPS) is 9.82. The van der Waals surface area contributed by atoms with Crippen LogP contribution in [0.2, 0.25) is 0 Å². The lowest BCUT2D eigenvalue weighted by molar-refractivity contribution is 0.0955. The molecular formula is C13H19N3O. The Morgan fingerprint density at radius 1 is 1.53 bits per heavy atom. The highest BCUT2D eigenvalue weighted by molar-refractivity contribution is 5.93. The molecule has 17 heavy (non-hydrogen) atoms. The molecule has 0 bridgehead atoms. The highest BCUT2D eigenvalue weighted by atomic mass is 16.1. The van der Waals surface area contributed by atoms with Crippen molar-refractivity contribution in [3.05, 3.63) is 36.0 Å². The lowest BCUT2D eigenvalue weighted by atomic mass is 10.2. The number of hydrogen-bond donors (Lipinski definition) is 1. The van der Waals surface area contributed by atoms with Crippen molar-refractivity contribution in [2.75, 3.05) is 25.0 Å². The first-order chi connectivity index (χ1) is 8.04. The van der Waals surface area contributed by atoms with Gasteiger partial charge in [0, 0.05) is 26.3 Å². The quantitative estimate of drug-likeness (QED) is 0.789. The zero-order chi connectivity index (χ0) is 12.8. The molecule has 4 nitrogen and oxygen atoms in total. The Kier molecular flexibility index (Phi) is 4.69. The highest BCUT2D eigenvalue weighted by Gasteiger charge is 2.06. The van der Waals surface area contributed by atoms with Crippen molar-refractivity contribution >= 4 is 11.7 Å². The van der Waals surface area contributed by atoms with Gasteiger partial charge in [0.15, 0.2) is 0 Å². The van der Waals surface area contributed by atoms with Gasteiger partial charge in [-0.1, -0.05) is 12.2 Å². The van der Waals surface area contributed by atoms with E-state index in [9.17, 15) is 4.79 Å². The molecule has 0 aromatic carbocycles. The number of aromatic nitrogens is 1. The van der Waals surface area contributed by atoms with Gasteiger partial charge in [-0.2, -0.15) is 0 Å². The molecule has 0 aliphatic rings. The summed E-state index contributed by atoms with van der Waals surface area (Å²) in [6.07, 6.45) is 1.59. The molecule has 1 N–H and O–H groups in total. The zero-order valence-corrected chi connectivity index (χ0v) is 10.7. The Labute approximate surface area is 102 Å². The molecule has 0 unspecified atom stereocenters. The second-order valence-corrected chi connectivity index (χ2v) is 4.08. The van der Waals surface area contributed by atoms with Gasteiger partial charge in [0.2, 0.25) is 0 Å². The van der Waals surface area contributed by atoms with Crippen LogP contribution in [-0.4, -0.2) is 31.0 Å². The number of carbonyl (C=O) groups is 1. The lowest BCUT2D eigenvalue weighted by Crippen LogP contribution is -2.24. The lowest BCUT2D eigenvalue weighted by Gasteiger charge is -2.18. The third-order valence-corrected chi connectivity index (χ3v) is 2.25. The first kappa shape index (κ1) is 13.2. The van der Waals surface area contributed by atoms with Crippen LogP contribution in [0.25, 0.3) is 0 Å². The van der Waals surface area contributed by atoms with E-state index < -0.39 is 0 Å². The fourth-order valence-corrected chi connectivity index (χ4v) is 1.49. The summed E-state index contributed by atoms with van der Waals surface area (Å²) >= 11 is 0. The summed E-state index contributed by atoms with van der Waals surface area (Å²) in [4.78, 5) is 17.8. The van der Waals surface area contributed by atoms with E-state index >= 15 is 0 Å². The summed E-state index contributed by atoms with van der Waals surface area (Å²) in [5.41, 5.74) is 1.65. The van der Waals surface area contributed by atoms with Crippen LogP contribution in [-0.2, 0) is 0 Å². The molecule has 1 heterocycles. The summed E-state index contributed by atoms with van der Waals surface area (Å²) in [6.45, 7) is 9.10. The third-order valence-electron chi connectivity index (χ3n) is 2.25. The number of amides is 1. The fraction of sp³-hybridized carbons (Fsp3) is 0.385. The van der Waals surface area contributed by atoms with Crippen molar-refractivity contribution in [1.29, 1.82) is 0 Å². The Bertz CT molecular complexity index is 398. The molecule has 0 saturated heterocycles. The van der Waals surface area contributed by atoms with E-state index in [4.69, 9.17) is 0 Å². The van der Waals surface area contributed by atoms with Crippen molar-refractivity contribution in [3.8, 4) is 0 Å². The predicted molar refractivity (Wildman–Crippen MR) is 70.3 cm³/mol. The minimum absolute atomic E-state index is 0.0888. The van der Waals surface area contributed by atoms with Crippen molar-refractivity contribution < 1.29 is 4.79 Å². The Hall–Kier alpha value is -1.84. The van der Waals surface area contributed by atoms with Crippen LogP contribution in [0, 0.1) is 0 Å². The minimum atomic E-state index is -0.0888. The Morgan fingerprint density at radius 3 is 2.71 bits per heavy atom. The molecule has 0 saturated carbocycles. The van der Waals surface area contributed by atoms with Crippen molar-refractivity contribution in [1.82, 2.24) is 10.3 Å². The van der Waals surface area contributed by atoms with Crippen molar-refractivity contribution in [2.45, 2.75) is 13.8 Å². The largest absolute Gasteiger partial charge is 0.356 e. The molecule has 0 aliphatic heterocycles. The summed E-state index contributed by atoms with van der Waals surface area (Å²) < 4.78 is 0. The molecule has 92 valence electrons. The van der Waals surface area contributed by atoms with Crippen LogP contribution in [0.4, 0.5) is 5.82 Å². The van der Waals surface area contributed by atoms with Crippen LogP contribution in [0.15, 0.2) is 30.5 Å². The molecule has 1 rings (SSSR count). The zero-order valence-electron chi connectivity index (χ0n) is 10.7. The van der Waals surface area contributed by atoms with Crippen LogP contribution in [0.5, 0.6) is 0 Å². The van der Waals surface area contributed by atoms with E-state index in [0.717, 1.165) is 17.9 Å². The summed E-state index contributed by atoms with van der Waals surface area (Å²) in [5, 5.41) is 2.74. The van der Waals surface area contributed by atoms with E-state index in [0.29, 0.717) is 12.1 Å². The van der Waals surface area contributed by atoms with Gasteiger partial charge in [-0.15, -0.1) is 0 Å². The smallest absolute Gasteiger partial charge is 0.252 e. The van der Waals surface area contributed by atoms with E-state index in [2.05, 4.69) is 16.9 Å². The average Bonchev–Trinajstić information content (AvgIpc) is 2.28. The first-order valence-electron chi connectivity index (χ1n) is 5.64. The molecule has 1 aromatic heterocycles. The van der Waals surface area contributed by atoms with Gasteiger partial charge < -0.3 is 10.2 Å². The molecule has 1 amide bonds. The number of likely N-dealkylation sites (N-methyl/N-ethyl adjacent to an activating group) is 1. The van der Waals surface area contributed by atoms with Crippen molar-refractivity contribution in [2.24, 2.45) is 0 Å². The first-order valence-corrected chi connectivity index (χ1v) is 5.64. The van der Waals surface area contributed by atoms with Crippen LogP contribution in [0.3, 0.4) is 0 Å². The summed E-state index contributed by atoms with van der Waals surface area (Å²) in [6, 6.07) is 3.62. The molecule has 0 fully saturated rings. The molecule has 0 radical (unpaired) electrons. The number of anilines is 1. The van der Waals surface area contributed by atoms with Gasteiger partial charge in [0.05, 0.1) is 5.56 Å². The van der Waals surface area contributed by atoms with Crippen LogP contribution < -0.4 is 10.2 Å². The van der Waals surface area contributed by atoms with Crippen LogP contribution >= 0.6 is 0 Å². The van der Waals surface area contributed by atoms with Gasteiger partial charge in [0.25, 0.3) is 5.91 Å². The number of hydrogen-bond acceptors (Lipinski definition) is 3. The van der Waals surface area contributed by atoms with Gasteiger partial charge in [-0.3, -0.25) is 4.79 Å². The molecular weight excluding hydrogens is 214 g/mol. The minimum Gasteiger partial charge on any atom is -0.356 e. The SMILES string of the molecule is C=C(C)CN(C)c1ccc(C(=O)NCC)cn1. The van der Waals surface area contributed by atoms with Gasteiger partial charge in [-0.25, -0.2) is 4.98 Å². The van der Waals surface area contributed by atoms with Gasteiger partial charge in [0.1, 0.15) is 5.82 Å². The number of carbonyl (C=O) groups excluding carboxylic acids is 1. The summed E-state index contributed by atoms with van der Waals surface area (Å²) in [7, 11) is 1.95. The molecule has 0 spiro atoms.